The van der Waals surface area contributed by atoms with E-state index in [9.17, 15) is 13.2 Å². The molecule has 16 heavy (non-hydrogen) atoms. The number of nitrogens with two attached hydrogens (primary N) is 1. The van der Waals surface area contributed by atoms with Crippen LogP contribution in [0.1, 0.15) is 13.3 Å². The summed E-state index contributed by atoms with van der Waals surface area (Å²) in [5, 5.41) is 0. The molecule has 0 fully saturated rings. The molecular weight excluding hydrogens is 225 g/mol. The van der Waals surface area contributed by atoms with Gasteiger partial charge in [0.05, 0.1) is 6.61 Å². The minimum Gasteiger partial charge on any atom is -0.385 e. The zero-order chi connectivity index (χ0) is 12.6. The van der Waals surface area contributed by atoms with Gasteiger partial charge in [-0.05, 0) is 12.3 Å². The maximum absolute atomic E-state index is 11.8. The van der Waals surface area contributed by atoms with E-state index >= 15 is 0 Å². The predicted octanol–water partition coefficient (Wildman–Crippen LogP) is 1.07. The normalized spacial score (nSPS) is 16.1. The molecule has 0 aliphatic heterocycles. The molecule has 2 atom stereocenters. The SMILES string of the molecule is COCCC(C)C(COCC(F)(F)F)NN. The van der Waals surface area contributed by atoms with Gasteiger partial charge in [0, 0.05) is 19.8 Å². The quantitative estimate of drug-likeness (QED) is 0.495. The first-order chi connectivity index (χ1) is 7.40. The summed E-state index contributed by atoms with van der Waals surface area (Å²) in [5.41, 5.74) is 2.45. The van der Waals surface area contributed by atoms with Crippen LogP contribution in [0.15, 0.2) is 0 Å². The fraction of sp³-hybridized carbons (Fsp3) is 1.00. The van der Waals surface area contributed by atoms with Crippen molar-refractivity contribution in [3.8, 4) is 0 Å². The lowest BCUT2D eigenvalue weighted by atomic mass is 10.00. The van der Waals surface area contributed by atoms with E-state index in [-0.39, 0.29) is 18.6 Å². The zero-order valence-corrected chi connectivity index (χ0v) is 9.51. The number of hydrazine groups is 1. The Morgan fingerprint density at radius 3 is 2.44 bits per heavy atom. The summed E-state index contributed by atoms with van der Waals surface area (Å²) in [7, 11) is 1.57. The summed E-state index contributed by atoms with van der Waals surface area (Å²) in [6, 6.07) is -0.308. The second-order valence-electron chi connectivity index (χ2n) is 3.66. The largest absolute Gasteiger partial charge is 0.411 e. The molecule has 2 unspecified atom stereocenters. The zero-order valence-electron chi connectivity index (χ0n) is 9.51. The first-order valence-electron chi connectivity index (χ1n) is 5.00. The third-order valence-corrected chi connectivity index (χ3v) is 2.24. The molecular formula is C9H19F3N2O2. The van der Waals surface area contributed by atoms with Crippen LogP contribution in [0.5, 0.6) is 0 Å². The molecule has 0 aliphatic carbocycles. The summed E-state index contributed by atoms with van der Waals surface area (Å²) >= 11 is 0. The summed E-state index contributed by atoms with van der Waals surface area (Å²) < 4.78 is 44.9. The van der Waals surface area contributed by atoms with Crippen molar-refractivity contribution in [2.45, 2.75) is 25.6 Å². The van der Waals surface area contributed by atoms with Crippen molar-refractivity contribution >= 4 is 0 Å². The second kappa shape index (κ2) is 7.83. The molecule has 0 aliphatic rings. The molecule has 0 saturated heterocycles. The smallest absolute Gasteiger partial charge is 0.385 e. The molecule has 3 N–H and O–H groups in total. The molecule has 7 heteroatoms. The van der Waals surface area contributed by atoms with Crippen LogP contribution >= 0.6 is 0 Å². The maximum atomic E-state index is 11.8. The highest BCUT2D eigenvalue weighted by atomic mass is 19.4. The maximum Gasteiger partial charge on any atom is 0.411 e. The van der Waals surface area contributed by atoms with Crippen molar-refractivity contribution in [3.63, 3.8) is 0 Å². The van der Waals surface area contributed by atoms with E-state index in [0.717, 1.165) is 0 Å². The van der Waals surface area contributed by atoms with Crippen LogP contribution in [-0.2, 0) is 9.47 Å². The van der Waals surface area contributed by atoms with Gasteiger partial charge in [-0.3, -0.25) is 11.3 Å². The number of alkyl halides is 3. The third-order valence-electron chi connectivity index (χ3n) is 2.24. The van der Waals surface area contributed by atoms with E-state index in [1.165, 1.54) is 0 Å². The van der Waals surface area contributed by atoms with E-state index in [1.54, 1.807) is 7.11 Å². The monoisotopic (exact) mass is 244 g/mol. The number of rotatable bonds is 8. The highest BCUT2D eigenvalue weighted by Gasteiger charge is 2.28. The van der Waals surface area contributed by atoms with E-state index in [2.05, 4.69) is 10.2 Å². The summed E-state index contributed by atoms with van der Waals surface area (Å²) in [6.07, 6.45) is -3.59. The van der Waals surface area contributed by atoms with Gasteiger partial charge in [0.25, 0.3) is 0 Å². The Hall–Kier alpha value is -0.370. The molecule has 4 nitrogen and oxygen atoms in total. The Morgan fingerprint density at radius 1 is 1.38 bits per heavy atom. The minimum atomic E-state index is -4.30. The first-order valence-corrected chi connectivity index (χ1v) is 5.00. The summed E-state index contributed by atoms with van der Waals surface area (Å²) in [6.45, 7) is 1.10. The van der Waals surface area contributed by atoms with Gasteiger partial charge in [-0.15, -0.1) is 0 Å². The number of hydrogen-bond acceptors (Lipinski definition) is 4. The van der Waals surface area contributed by atoms with Gasteiger partial charge in [-0.1, -0.05) is 6.92 Å². The molecule has 0 saturated carbocycles. The molecule has 0 heterocycles. The Balaban J connectivity index is 3.81. The van der Waals surface area contributed by atoms with Crippen LogP contribution in [-0.4, -0.2) is 39.1 Å². The van der Waals surface area contributed by atoms with Gasteiger partial charge in [0.2, 0.25) is 0 Å². The van der Waals surface area contributed by atoms with Crippen LogP contribution in [0, 0.1) is 5.92 Å². The molecule has 0 spiro atoms. The average Bonchev–Trinajstić information content (AvgIpc) is 2.19. The standard InChI is InChI=1S/C9H19F3N2O2/c1-7(3-4-15-2)8(14-13)5-16-6-9(10,11)12/h7-8,14H,3-6,13H2,1-2H3. The molecule has 0 aromatic carbocycles. The Morgan fingerprint density at radius 2 is 2.00 bits per heavy atom. The summed E-state index contributed by atoms with van der Waals surface area (Å²) in [5.74, 6) is 5.32. The molecule has 0 aromatic heterocycles. The van der Waals surface area contributed by atoms with Gasteiger partial charge in [0.15, 0.2) is 0 Å². The molecule has 0 radical (unpaired) electrons. The minimum absolute atomic E-state index is 0.0686. The van der Waals surface area contributed by atoms with Gasteiger partial charge in [0.1, 0.15) is 6.61 Å². The van der Waals surface area contributed by atoms with Crippen LogP contribution < -0.4 is 11.3 Å². The van der Waals surface area contributed by atoms with Crippen molar-refractivity contribution in [3.05, 3.63) is 0 Å². The molecule has 0 aromatic rings. The Labute approximate surface area is 93.2 Å². The molecule has 0 bridgehead atoms. The van der Waals surface area contributed by atoms with E-state index in [1.807, 2.05) is 6.92 Å². The summed E-state index contributed by atoms with van der Waals surface area (Å²) in [4.78, 5) is 0. The number of methoxy groups -OCH3 is 1. The highest BCUT2D eigenvalue weighted by molar-refractivity contribution is 4.70. The lowest BCUT2D eigenvalue weighted by molar-refractivity contribution is -0.176. The van der Waals surface area contributed by atoms with Crippen molar-refractivity contribution in [2.24, 2.45) is 11.8 Å². The number of halogens is 3. The van der Waals surface area contributed by atoms with Crippen molar-refractivity contribution in [1.29, 1.82) is 0 Å². The van der Waals surface area contributed by atoms with E-state index in [0.29, 0.717) is 13.0 Å². The van der Waals surface area contributed by atoms with Gasteiger partial charge in [-0.25, -0.2) is 0 Å². The first kappa shape index (κ1) is 15.6. The van der Waals surface area contributed by atoms with E-state index < -0.39 is 12.8 Å². The fourth-order valence-corrected chi connectivity index (χ4v) is 1.18. The predicted molar refractivity (Wildman–Crippen MR) is 53.6 cm³/mol. The number of nitrogens with one attached hydrogen (secondary N) is 1. The van der Waals surface area contributed by atoms with Crippen molar-refractivity contribution < 1.29 is 22.6 Å². The second-order valence-corrected chi connectivity index (χ2v) is 3.66. The molecule has 98 valence electrons. The fourth-order valence-electron chi connectivity index (χ4n) is 1.18. The average molecular weight is 244 g/mol. The number of hydrogen-bond donors (Lipinski definition) is 2. The molecule has 0 amide bonds. The van der Waals surface area contributed by atoms with Crippen LogP contribution in [0.4, 0.5) is 13.2 Å². The van der Waals surface area contributed by atoms with Gasteiger partial charge in [-0.2, -0.15) is 13.2 Å². The lowest BCUT2D eigenvalue weighted by Crippen LogP contribution is -2.44. The highest BCUT2D eigenvalue weighted by Crippen LogP contribution is 2.15. The topological polar surface area (TPSA) is 56.5 Å². The van der Waals surface area contributed by atoms with Gasteiger partial charge < -0.3 is 9.47 Å². The lowest BCUT2D eigenvalue weighted by Gasteiger charge is -2.23. The molecule has 0 rings (SSSR count). The third kappa shape index (κ3) is 7.86. The van der Waals surface area contributed by atoms with Crippen LogP contribution in [0.3, 0.4) is 0 Å². The van der Waals surface area contributed by atoms with Gasteiger partial charge >= 0.3 is 6.18 Å². The number of ether oxygens (including phenoxy) is 2. The Kier molecular flexibility index (Phi) is 7.65. The van der Waals surface area contributed by atoms with Crippen LogP contribution in [0.2, 0.25) is 0 Å². The Bertz CT molecular complexity index is 179. The van der Waals surface area contributed by atoms with Crippen molar-refractivity contribution in [2.75, 3.05) is 26.9 Å². The van der Waals surface area contributed by atoms with E-state index in [4.69, 9.17) is 10.6 Å². The van der Waals surface area contributed by atoms with Crippen LogP contribution in [0.25, 0.3) is 0 Å². The van der Waals surface area contributed by atoms with Crippen molar-refractivity contribution in [1.82, 2.24) is 5.43 Å².